The molecule has 1 saturated carbocycles. The van der Waals surface area contributed by atoms with Gasteiger partial charge < -0.3 is 0 Å². The Kier molecular flexibility index (Phi) is 0.470. The molecular formula is C5H10. The molecule has 0 aromatic carbocycles. The lowest BCUT2D eigenvalue weighted by Gasteiger charge is -1.66. The van der Waals surface area contributed by atoms with E-state index in [-0.39, 0.29) is 0 Å². The molecule has 1 aliphatic rings. The topological polar surface area (TPSA) is 0 Å². The molecule has 0 saturated heterocycles. The van der Waals surface area contributed by atoms with Gasteiger partial charge in [0.15, 0.2) is 0 Å². The van der Waals surface area contributed by atoms with E-state index in [4.69, 9.17) is 0 Å². The molecule has 0 heterocycles. The first-order valence-electron chi connectivity index (χ1n) is 2.30. The van der Waals surface area contributed by atoms with E-state index >= 15 is 0 Å². The van der Waals surface area contributed by atoms with E-state index in [9.17, 15) is 0 Å². The molecule has 1 rings (SSSR count). The van der Waals surface area contributed by atoms with E-state index < -0.39 is 0 Å². The second-order valence-electron chi connectivity index (χ2n) is 2.19. The van der Waals surface area contributed by atoms with Crippen molar-refractivity contribution in [1.29, 1.82) is 0 Å². The van der Waals surface area contributed by atoms with E-state index in [0.717, 1.165) is 11.8 Å². The van der Waals surface area contributed by atoms with Crippen LogP contribution < -0.4 is 0 Å². The molecule has 0 bridgehead atoms. The molecule has 0 heteroatoms. The fraction of sp³-hybridized carbons (Fsp3) is 1.00. The Labute approximate surface area is 33.2 Å². The third-order valence-electron chi connectivity index (χ3n) is 1.51. The Morgan fingerprint density at radius 2 is 1.40 bits per heavy atom. The van der Waals surface area contributed by atoms with E-state index in [1.165, 1.54) is 6.42 Å². The van der Waals surface area contributed by atoms with Crippen LogP contribution in [-0.2, 0) is 0 Å². The molecule has 5 heavy (non-hydrogen) atoms. The second-order valence-corrected chi connectivity index (χ2v) is 2.19. The molecule has 0 aromatic rings. The highest BCUT2D eigenvalue weighted by Gasteiger charge is 2.26. The van der Waals surface area contributed by atoms with Crippen LogP contribution in [0.15, 0.2) is 0 Å². The summed E-state index contributed by atoms with van der Waals surface area (Å²) < 4.78 is 0. The maximum Gasteiger partial charge on any atom is -0.0414 e. The molecule has 0 N–H and O–H groups in total. The second kappa shape index (κ2) is 0.735. The average molecular weight is 70.1 g/mol. The first-order chi connectivity index (χ1) is 2.30. The van der Waals surface area contributed by atoms with E-state index in [1.807, 2.05) is 0 Å². The van der Waals surface area contributed by atoms with E-state index in [1.54, 1.807) is 0 Å². The van der Waals surface area contributed by atoms with Gasteiger partial charge in [-0.25, -0.2) is 0 Å². The van der Waals surface area contributed by atoms with Gasteiger partial charge in [-0.1, -0.05) is 13.8 Å². The largest absolute Gasteiger partial charge is 0.0622 e. The highest BCUT2D eigenvalue weighted by molar-refractivity contribution is 4.76. The molecule has 0 radical (unpaired) electrons. The Morgan fingerprint density at radius 1 is 1.20 bits per heavy atom. The summed E-state index contributed by atoms with van der Waals surface area (Å²) in [5.74, 6) is 2.10. The highest BCUT2D eigenvalue weighted by atomic mass is 14.3. The standard InChI is InChI=1S/C5H10/c1-4-3-5(4)2/h4-5H,3H2,1-2H3/t4-,5-/m0/s1. The molecule has 30 valence electrons. The van der Waals surface area contributed by atoms with Crippen molar-refractivity contribution in [3.05, 3.63) is 0 Å². The van der Waals surface area contributed by atoms with Crippen LogP contribution >= 0.6 is 0 Å². The van der Waals surface area contributed by atoms with Gasteiger partial charge >= 0.3 is 0 Å². The van der Waals surface area contributed by atoms with Crippen LogP contribution in [0.25, 0.3) is 0 Å². The van der Waals surface area contributed by atoms with Gasteiger partial charge in [-0.3, -0.25) is 0 Å². The fourth-order valence-electron chi connectivity index (χ4n) is 0.508. The van der Waals surface area contributed by atoms with Crippen molar-refractivity contribution in [3.63, 3.8) is 0 Å². The predicted octanol–water partition coefficient (Wildman–Crippen LogP) is 1.66. The summed E-state index contributed by atoms with van der Waals surface area (Å²) in [6, 6.07) is 0. The number of rotatable bonds is 0. The minimum atomic E-state index is 1.05. The summed E-state index contributed by atoms with van der Waals surface area (Å²) in [6.07, 6.45) is 1.47. The highest BCUT2D eigenvalue weighted by Crippen LogP contribution is 2.36. The number of hydrogen-bond donors (Lipinski definition) is 0. The quantitative estimate of drug-likeness (QED) is 0.406. The van der Waals surface area contributed by atoms with Crippen LogP contribution in [0.5, 0.6) is 0 Å². The maximum atomic E-state index is 2.30. The molecule has 0 unspecified atom stereocenters. The summed E-state index contributed by atoms with van der Waals surface area (Å²) in [6.45, 7) is 4.59. The van der Waals surface area contributed by atoms with E-state index in [0.29, 0.717) is 0 Å². The van der Waals surface area contributed by atoms with Gasteiger partial charge in [-0.05, 0) is 18.3 Å². The molecular weight excluding hydrogens is 60.1 g/mol. The minimum absolute atomic E-state index is 1.05. The van der Waals surface area contributed by atoms with Crippen LogP contribution in [0.3, 0.4) is 0 Å². The lowest BCUT2D eigenvalue weighted by atomic mass is 10.4. The van der Waals surface area contributed by atoms with Gasteiger partial charge in [0.05, 0.1) is 0 Å². The summed E-state index contributed by atoms with van der Waals surface area (Å²) in [7, 11) is 0. The molecule has 0 aliphatic heterocycles. The van der Waals surface area contributed by atoms with Crippen LogP contribution in [0.4, 0.5) is 0 Å². The first kappa shape index (κ1) is 3.20. The van der Waals surface area contributed by atoms with Crippen molar-refractivity contribution in [2.45, 2.75) is 20.3 Å². The molecule has 2 atom stereocenters. The van der Waals surface area contributed by atoms with Gasteiger partial charge in [0, 0.05) is 0 Å². The lowest BCUT2D eigenvalue weighted by molar-refractivity contribution is 0.834. The normalized spacial score (nSPS) is 49.2. The van der Waals surface area contributed by atoms with E-state index in [2.05, 4.69) is 13.8 Å². The molecule has 0 spiro atoms. The zero-order valence-corrected chi connectivity index (χ0v) is 3.86. The molecule has 0 amide bonds. The molecule has 0 aromatic heterocycles. The number of hydrogen-bond acceptors (Lipinski definition) is 0. The minimum Gasteiger partial charge on any atom is -0.0622 e. The van der Waals surface area contributed by atoms with Crippen molar-refractivity contribution in [1.82, 2.24) is 0 Å². The third-order valence-corrected chi connectivity index (χ3v) is 1.51. The van der Waals surface area contributed by atoms with Gasteiger partial charge in [0.1, 0.15) is 0 Å². The Hall–Kier alpha value is 0. The first-order valence-corrected chi connectivity index (χ1v) is 2.30. The van der Waals surface area contributed by atoms with Gasteiger partial charge in [0.2, 0.25) is 0 Å². The Balaban J connectivity index is 2.20. The summed E-state index contributed by atoms with van der Waals surface area (Å²) in [4.78, 5) is 0. The monoisotopic (exact) mass is 70.1 g/mol. The van der Waals surface area contributed by atoms with Crippen molar-refractivity contribution in [2.24, 2.45) is 11.8 Å². The molecule has 1 fully saturated rings. The van der Waals surface area contributed by atoms with Crippen molar-refractivity contribution in [2.75, 3.05) is 0 Å². The summed E-state index contributed by atoms with van der Waals surface area (Å²) >= 11 is 0. The van der Waals surface area contributed by atoms with Crippen LogP contribution in [0, 0.1) is 11.8 Å². The molecule has 0 nitrogen and oxygen atoms in total. The van der Waals surface area contributed by atoms with Crippen LogP contribution in [0.2, 0.25) is 0 Å². The summed E-state index contributed by atoms with van der Waals surface area (Å²) in [5, 5.41) is 0. The van der Waals surface area contributed by atoms with Crippen molar-refractivity contribution >= 4 is 0 Å². The zero-order valence-electron chi connectivity index (χ0n) is 3.86. The summed E-state index contributed by atoms with van der Waals surface area (Å²) in [5.41, 5.74) is 0. The lowest BCUT2D eigenvalue weighted by Crippen LogP contribution is -1.58. The van der Waals surface area contributed by atoms with Crippen molar-refractivity contribution in [3.8, 4) is 0 Å². The fourth-order valence-corrected chi connectivity index (χ4v) is 0.508. The average Bonchev–Trinajstić information content (AvgIpc) is 1.79. The third kappa shape index (κ3) is 0.444. The molecule has 1 aliphatic carbocycles. The SMILES string of the molecule is C[C@H]1C[C@@H]1C. The smallest absolute Gasteiger partial charge is 0.0414 e. The van der Waals surface area contributed by atoms with Crippen molar-refractivity contribution < 1.29 is 0 Å². The van der Waals surface area contributed by atoms with Gasteiger partial charge in [0.25, 0.3) is 0 Å². The zero-order chi connectivity index (χ0) is 3.86. The predicted molar refractivity (Wildman–Crippen MR) is 22.9 cm³/mol. The Morgan fingerprint density at radius 3 is 1.40 bits per heavy atom. The van der Waals surface area contributed by atoms with Crippen LogP contribution in [0.1, 0.15) is 20.3 Å². The van der Waals surface area contributed by atoms with Gasteiger partial charge in [-0.2, -0.15) is 0 Å². The Bertz CT molecular complexity index is 33.3. The van der Waals surface area contributed by atoms with Crippen LogP contribution in [-0.4, -0.2) is 0 Å². The maximum absolute atomic E-state index is 2.30. The van der Waals surface area contributed by atoms with Gasteiger partial charge in [-0.15, -0.1) is 0 Å².